The van der Waals surface area contributed by atoms with E-state index in [9.17, 15) is 9.59 Å². The number of fused-ring (bicyclic) bond motifs is 5. The predicted octanol–water partition coefficient (Wildman–Crippen LogP) is 4.49. The first-order valence-corrected chi connectivity index (χ1v) is 12.8. The maximum atomic E-state index is 12.2. The van der Waals surface area contributed by atoms with E-state index in [1.54, 1.807) is 16.2 Å². The summed E-state index contributed by atoms with van der Waals surface area (Å²) in [6.07, 6.45) is 5.45. The van der Waals surface area contributed by atoms with E-state index in [0.717, 1.165) is 49.2 Å². The van der Waals surface area contributed by atoms with Crippen molar-refractivity contribution < 1.29 is 14.3 Å². The third-order valence-corrected chi connectivity index (χ3v) is 7.69. The number of likely N-dealkylation sites (tertiary alicyclic amines) is 1. The lowest BCUT2D eigenvalue weighted by molar-refractivity contribution is -0.116. The van der Waals surface area contributed by atoms with Crippen LogP contribution < -0.4 is 5.32 Å². The normalized spacial score (nSPS) is 17.1. The number of benzene rings is 1. The van der Waals surface area contributed by atoms with Crippen LogP contribution >= 0.6 is 11.3 Å². The molecule has 1 N–H and O–H groups in total. The van der Waals surface area contributed by atoms with Crippen LogP contribution in [0.1, 0.15) is 31.7 Å². The summed E-state index contributed by atoms with van der Waals surface area (Å²) in [5.41, 5.74) is 3.32. The van der Waals surface area contributed by atoms with Gasteiger partial charge >= 0.3 is 6.09 Å². The molecule has 1 aromatic carbocycles. The maximum absolute atomic E-state index is 12.2. The van der Waals surface area contributed by atoms with Crippen LogP contribution in [0.15, 0.2) is 36.8 Å². The second-order valence-electron chi connectivity index (χ2n) is 10.6. The Balaban J connectivity index is 1.24. The molecule has 0 saturated carbocycles. The molecule has 2 amide bonds. The number of hydrogen-bond donors (Lipinski definition) is 1. The van der Waals surface area contributed by atoms with E-state index in [0.29, 0.717) is 19.6 Å². The summed E-state index contributed by atoms with van der Waals surface area (Å²) in [6, 6.07) is 6.41. The van der Waals surface area contributed by atoms with Crippen LogP contribution in [0.4, 0.5) is 10.5 Å². The van der Waals surface area contributed by atoms with E-state index in [-0.39, 0.29) is 18.0 Å². The summed E-state index contributed by atoms with van der Waals surface area (Å²) < 4.78 is 8.45. The maximum Gasteiger partial charge on any atom is 0.410 e. The van der Waals surface area contributed by atoms with Gasteiger partial charge in [-0.2, -0.15) is 5.10 Å². The van der Waals surface area contributed by atoms with Crippen molar-refractivity contribution in [3.05, 3.63) is 41.7 Å². The van der Waals surface area contributed by atoms with E-state index in [4.69, 9.17) is 9.72 Å². The Kier molecular flexibility index (Phi) is 5.27. The van der Waals surface area contributed by atoms with Crippen molar-refractivity contribution in [1.29, 1.82) is 0 Å². The molecule has 4 aromatic rings. The summed E-state index contributed by atoms with van der Waals surface area (Å²) in [5.74, 6) is 0.0112. The van der Waals surface area contributed by atoms with Crippen molar-refractivity contribution >= 4 is 50.0 Å². The first-order valence-electron chi connectivity index (χ1n) is 12.0. The quantitative estimate of drug-likeness (QED) is 0.433. The van der Waals surface area contributed by atoms with Gasteiger partial charge in [-0.1, -0.05) is 12.1 Å². The monoisotopic (exact) mass is 504 g/mol. The molecule has 0 radical (unpaired) electrons. The summed E-state index contributed by atoms with van der Waals surface area (Å²) in [4.78, 5) is 34.2. The topological polar surface area (TPSA) is 92.6 Å². The first kappa shape index (κ1) is 22.9. The molecule has 1 saturated heterocycles. The van der Waals surface area contributed by atoms with Crippen LogP contribution in [-0.4, -0.2) is 68.8 Å². The smallest absolute Gasteiger partial charge is 0.410 e. The molecule has 186 valence electrons. The van der Waals surface area contributed by atoms with Crippen LogP contribution in [0.25, 0.3) is 32.1 Å². The molecule has 1 fully saturated rings. The van der Waals surface area contributed by atoms with Gasteiger partial charge in [0, 0.05) is 58.8 Å². The number of pyridine rings is 1. The highest BCUT2D eigenvalue weighted by Gasteiger charge is 2.35. The van der Waals surface area contributed by atoms with Gasteiger partial charge in [0.25, 0.3) is 0 Å². The largest absolute Gasteiger partial charge is 0.444 e. The summed E-state index contributed by atoms with van der Waals surface area (Å²) in [7, 11) is 1.96. The van der Waals surface area contributed by atoms with Crippen molar-refractivity contribution in [2.45, 2.75) is 39.0 Å². The van der Waals surface area contributed by atoms with Gasteiger partial charge in [0.15, 0.2) is 0 Å². The highest BCUT2D eigenvalue weighted by Crippen LogP contribution is 2.41. The summed E-state index contributed by atoms with van der Waals surface area (Å²) >= 11 is 1.70. The average molecular weight is 505 g/mol. The molecule has 0 bridgehead atoms. The number of likely N-dealkylation sites (N-methyl/N-ethyl adjacent to an activating group) is 1. The first-order chi connectivity index (χ1) is 17.1. The van der Waals surface area contributed by atoms with E-state index < -0.39 is 5.60 Å². The van der Waals surface area contributed by atoms with E-state index in [1.807, 2.05) is 56.0 Å². The SMILES string of the molecule is CN1CC(=O)Nc2c(sc3c2ccc2cc(-c4cnn(C5CN(C(=O)OC(C)(C)C)C5)c4)cnc23)C1. The van der Waals surface area contributed by atoms with Crippen molar-refractivity contribution in [3.63, 3.8) is 0 Å². The number of aromatic nitrogens is 3. The fourth-order valence-electron chi connectivity index (χ4n) is 4.72. The lowest BCUT2D eigenvalue weighted by Gasteiger charge is -2.39. The lowest BCUT2D eigenvalue weighted by atomic mass is 10.1. The minimum absolute atomic E-state index is 0.0112. The van der Waals surface area contributed by atoms with Gasteiger partial charge < -0.3 is 15.0 Å². The van der Waals surface area contributed by atoms with Crippen molar-refractivity contribution in [2.24, 2.45) is 0 Å². The number of thiophene rings is 1. The third kappa shape index (κ3) is 4.10. The fourth-order valence-corrected chi connectivity index (χ4v) is 6.06. The Bertz CT molecular complexity index is 1510. The lowest BCUT2D eigenvalue weighted by Crippen LogP contribution is -2.52. The molecule has 6 rings (SSSR count). The Morgan fingerprint density at radius 2 is 1.97 bits per heavy atom. The van der Waals surface area contributed by atoms with Gasteiger partial charge in [0.2, 0.25) is 5.91 Å². The number of nitrogens with one attached hydrogen (secondary N) is 1. The van der Waals surface area contributed by atoms with Crippen LogP contribution in [-0.2, 0) is 16.1 Å². The number of carbonyl (C=O) groups excluding carboxylic acids is 2. The van der Waals surface area contributed by atoms with Crippen molar-refractivity contribution in [3.8, 4) is 11.1 Å². The molecular formula is C26H28N6O3S. The van der Waals surface area contributed by atoms with Gasteiger partial charge in [0.1, 0.15) is 5.60 Å². The van der Waals surface area contributed by atoms with E-state index in [1.165, 1.54) is 0 Å². The summed E-state index contributed by atoms with van der Waals surface area (Å²) in [5, 5.41) is 9.71. The van der Waals surface area contributed by atoms with Crippen molar-refractivity contribution in [2.75, 3.05) is 32.0 Å². The Hall–Kier alpha value is -3.50. The Labute approximate surface area is 212 Å². The second kappa shape index (κ2) is 8.28. The van der Waals surface area contributed by atoms with Gasteiger partial charge in [-0.05, 0) is 33.9 Å². The minimum Gasteiger partial charge on any atom is -0.444 e. The zero-order valence-corrected chi connectivity index (χ0v) is 21.6. The van der Waals surface area contributed by atoms with Crippen LogP contribution in [0.5, 0.6) is 0 Å². The molecule has 0 atom stereocenters. The molecular weight excluding hydrogens is 476 g/mol. The zero-order chi connectivity index (χ0) is 25.2. The molecule has 9 nitrogen and oxygen atoms in total. The minimum atomic E-state index is -0.498. The Morgan fingerprint density at radius 1 is 1.17 bits per heavy atom. The van der Waals surface area contributed by atoms with Crippen LogP contribution in [0.3, 0.4) is 0 Å². The number of hydrogen-bond acceptors (Lipinski definition) is 7. The standard InChI is InChI=1S/C26H28N6O3S/c1-26(2,3)35-25(34)31-11-18(12-31)32-10-17(9-28-32)16-7-15-5-6-19-23-20(13-30(4)14-21(33)29-23)36-24(19)22(15)27-8-16/h5-10,18H,11-14H2,1-4H3,(H,29,33). The summed E-state index contributed by atoms with van der Waals surface area (Å²) in [6.45, 7) is 7.90. The molecule has 2 aliphatic heterocycles. The molecule has 0 unspecified atom stereocenters. The highest BCUT2D eigenvalue weighted by molar-refractivity contribution is 7.20. The number of nitrogens with zero attached hydrogens (tertiary/aromatic N) is 5. The molecule has 36 heavy (non-hydrogen) atoms. The number of ether oxygens (including phenoxy) is 1. The molecule has 0 spiro atoms. The molecule has 10 heteroatoms. The van der Waals surface area contributed by atoms with E-state index in [2.05, 4.69) is 28.6 Å². The van der Waals surface area contributed by atoms with Gasteiger partial charge in [0.05, 0.1) is 34.7 Å². The molecule has 2 aliphatic rings. The van der Waals surface area contributed by atoms with Gasteiger partial charge in [-0.15, -0.1) is 11.3 Å². The van der Waals surface area contributed by atoms with Gasteiger partial charge in [-0.25, -0.2) is 4.79 Å². The number of amides is 2. The van der Waals surface area contributed by atoms with Crippen LogP contribution in [0, 0.1) is 0 Å². The van der Waals surface area contributed by atoms with Gasteiger partial charge in [-0.3, -0.25) is 19.4 Å². The zero-order valence-electron chi connectivity index (χ0n) is 20.7. The van der Waals surface area contributed by atoms with Crippen molar-refractivity contribution in [1.82, 2.24) is 24.6 Å². The predicted molar refractivity (Wildman–Crippen MR) is 140 cm³/mol. The number of carbonyl (C=O) groups is 2. The Morgan fingerprint density at radius 3 is 2.75 bits per heavy atom. The van der Waals surface area contributed by atoms with E-state index >= 15 is 0 Å². The average Bonchev–Trinajstić information content (AvgIpc) is 3.33. The molecule has 5 heterocycles. The third-order valence-electron chi connectivity index (χ3n) is 6.49. The molecule has 3 aromatic heterocycles. The second-order valence-corrected chi connectivity index (χ2v) is 11.7. The molecule has 0 aliphatic carbocycles. The highest BCUT2D eigenvalue weighted by atomic mass is 32.1. The number of anilines is 1. The number of rotatable bonds is 2. The fraction of sp³-hybridized carbons (Fsp3) is 0.385. The van der Waals surface area contributed by atoms with Crippen LogP contribution in [0.2, 0.25) is 0 Å².